The number of ether oxygens (including phenoxy) is 1. The molecule has 0 aliphatic heterocycles. The van der Waals surface area contributed by atoms with Gasteiger partial charge in [0.2, 0.25) is 5.88 Å². The van der Waals surface area contributed by atoms with Gasteiger partial charge in [0.05, 0.1) is 7.11 Å². The molecule has 1 aromatic heterocycles. The average Bonchev–Trinajstić information content (AvgIpc) is 2.40. The Morgan fingerprint density at radius 2 is 2.06 bits per heavy atom. The highest BCUT2D eigenvalue weighted by molar-refractivity contribution is 5.83. The molecule has 0 spiro atoms. The molecule has 98 valence electrons. The summed E-state index contributed by atoms with van der Waals surface area (Å²) in [7, 11) is 1.59. The Hall–Kier alpha value is -1.38. The van der Waals surface area contributed by atoms with E-state index in [2.05, 4.69) is 11.9 Å². The molecule has 2 rings (SSSR count). The lowest BCUT2D eigenvalue weighted by molar-refractivity contribution is -0.123. The molecular weight excluding hydrogens is 226 g/mol. The molecule has 1 aliphatic rings. The maximum atomic E-state index is 12.2. The first kappa shape index (κ1) is 13.1. The molecule has 1 aliphatic carbocycles. The number of carbonyl (C=O) groups excluding carboxylic acids is 1. The van der Waals surface area contributed by atoms with Crippen LogP contribution in [0.3, 0.4) is 0 Å². The monoisotopic (exact) mass is 247 g/mol. The van der Waals surface area contributed by atoms with E-state index >= 15 is 0 Å². The zero-order valence-corrected chi connectivity index (χ0v) is 11.2. The Kier molecular flexibility index (Phi) is 4.34. The Morgan fingerprint density at radius 1 is 1.33 bits per heavy atom. The van der Waals surface area contributed by atoms with Crippen molar-refractivity contribution in [2.45, 2.75) is 39.0 Å². The van der Waals surface area contributed by atoms with Gasteiger partial charge in [0.15, 0.2) is 0 Å². The minimum atomic E-state index is 0.267. The molecule has 3 heteroatoms. The highest BCUT2D eigenvalue weighted by Gasteiger charge is 2.24. The van der Waals surface area contributed by atoms with Gasteiger partial charge in [0.25, 0.3) is 0 Å². The maximum absolute atomic E-state index is 12.2. The largest absolute Gasteiger partial charge is 0.481 e. The molecule has 0 saturated heterocycles. The van der Waals surface area contributed by atoms with Crippen LogP contribution in [0.5, 0.6) is 5.88 Å². The van der Waals surface area contributed by atoms with Gasteiger partial charge in [-0.25, -0.2) is 4.98 Å². The van der Waals surface area contributed by atoms with Crippen molar-refractivity contribution < 1.29 is 9.53 Å². The van der Waals surface area contributed by atoms with E-state index in [1.54, 1.807) is 13.3 Å². The van der Waals surface area contributed by atoms with Crippen molar-refractivity contribution >= 4 is 5.78 Å². The van der Waals surface area contributed by atoms with Crippen LogP contribution < -0.4 is 4.74 Å². The summed E-state index contributed by atoms with van der Waals surface area (Å²) < 4.78 is 5.01. The highest BCUT2D eigenvalue weighted by Crippen LogP contribution is 2.29. The smallest absolute Gasteiger partial charge is 0.212 e. The van der Waals surface area contributed by atoms with Crippen molar-refractivity contribution in [1.29, 1.82) is 0 Å². The molecule has 0 unspecified atom stereocenters. The first-order valence-electron chi connectivity index (χ1n) is 6.70. The first-order chi connectivity index (χ1) is 8.69. The van der Waals surface area contributed by atoms with E-state index in [0.29, 0.717) is 18.1 Å². The topological polar surface area (TPSA) is 39.2 Å². The molecule has 0 amide bonds. The summed E-state index contributed by atoms with van der Waals surface area (Å²) in [5.74, 6) is 2.02. The molecular formula is C15H21NO2. The third-order valence-corrected chi connectivity index (χ3v) is 3.86. The fraction of sp³-hybridized carbons (Fsp3) is 0.600. The predicted molar refractivity (Wildman–Crippen MR) is 70.6 cm³/mol. The van der Waals surface area contributed by atoms with Gasteiger partial charge in [-0.15, -0.1) is 0 Å². The summed E-state index contributed by atoms with van der Waals surface area (Å²) in [5.41, 5.74) is 0.986. The summed E-state index contributed by atoms with van der Waals surface area (Å²) in [4.78, 5) is 16.3. The molecule has 1 saturated carbocycles. The van der Waals surface area contributed by atoms with Gasteiger partial charge in [-0.2, -0.15) is 0 Å². The van der Waals surface area contributed by atoms with Crippen LogP contribution in [0, 0.1) is 11.8 Å². The summed E-state index contributed by atoms with van der Waals surface area (Å²) >= 11 is 0. The minimum absolute atomic E-state index is 0.267. The molecule has 0 N–H and O–H groups in total. The van der Waals surface area contributed by atoms with Crippen molar-refractivity contribution in [3.8, 4) is 5.88 Å². The van der Waals surface area contributed by atoms with E-state index in [1.165, 1.54) is 12.8 Å². The number of nitrogens with zero attached hydrogens (tertiary/aromatic N) is 1. The van der Waals surface area contributed by atoms with Crippen LogP contribution >= 0.6 is 0 Å². The molecule has 3 nitrogen and oxygen atoms in total. The normalized spacial score (nSPS) is 23.7. The molecule has 0 radical (unpaired) electrons. The van der Waals surface area contributed by atoms with E-state index in [-0.39, 0.29) is 5.92 Å². The van der Waals surface area contributed by atoms with Crippen LogP contribution in [0.4, 0.5) is 0 Å². The van der Waals surface area contributed by atoms with Crippen molar-refractivity contribution in [3.05, 3.63) is 23.9 Å². The molecule has 1 aromatic rings. The van der Waals surface area contributed by atoms with E-state index in [0.717, 1.165) is 24.3 Å². The molecule has 1 heterocycles. The zero-order chi connectivity index (χ0) is 13.0. The number of Topliss-reactive ketones (excluding diaryl/α,β-unsaturated/α-hetero) is 1. The number of pyridine rings is 1. The number of aromatic nitrogens is 1. The van der Waals surface area contributed by atoms with Crippen molar-refractivity contribution in [2.24, 2.45) is 11.8 Å². The summed E-state index contributed by atoms with van der Waals surface area (Å²) in [6.07, 6.45) is 6.75. The first-order valence-corrected chi connectivity index (χ1v) is 6.70. The minimum Gasteiger partial charge on any atom is -0.481 e. The number of rotatable bonds is 4. The Bertz CT molecular complexity index is 391. The average molecular weight is 247 g/mol. The SMILES string of the molecule is COc1ccc(CC(=O)C2CCC(C)CC2)cn1. The second kappa shape index (κ2) is 5.98. The van der Waals surface area contributed by atoms with Crippen molar-refractivity contribution in [3.63, 3.8) is 0 Å². The number of hydrogen-bond acceptors (Lipinski definition) is 3. The highest BCUT2D eigenvalue weighted by atomic mass is 16.5. The zero-order valence-electron chi connectivity index (χ0n) is 11.2. The lowest BCUT2D eigenvalue weighted by atomic mass is 9.80. The number of carbonyl (C=O) groups is 1. The summed E-state index contributed by atoms with van der Waals surface area (Å²) in [6.45, 7) is 2.27. The van der Waals surface area contributed by atoms with Gasteiger partial charge >= 0.3 is 0 Å². The lowest BCUT2D eigenvalue weighted by Crippen LogP contribution is -2.22. The Labute approximate surface area is 109 Å². The number of hydrogen-bond donors (Lipinski definition) is 0. The van der Waals surface area contributed by atoms with Gasteiger partial charge in [-0.05, 0) is 24.3 Å². The standard InChI is InChI=1S/C15H21NO2/c1-11-3-6-13(7-4-11)14(17)9-12-5-8-15(18-2)16-10-12/h5,8,10-11,13H,3-4,6-7,9H2,1-2H3. The number of ketones is 1. The fourth-order valence-corrected chi connectivity index (χ4v) is 2.56. The van der Waals surface area contributed by atoms with Crippen molar-refractivity contribution in [1.82, 2.24) is 4.98 Å². The van der Waals surface area contributed by atoms with E-state index in [4.69, 9.17) is 4.74 Å². The molecule has 0 atom stereocenters. The second-order valence-corrected chi connectivity index (χ2v) is 5.31. The third-order valence-electron chi connectivity index (χ3n) is 3.86. The van der Waals surface area contributed by atoms with Gasteiger partial charge in [-0.3, -0.25) is 4.79 Å². The van der Waals surface area contributed by atoms with Crippen LogP contribution in [0.2, 0.25) is 0 Å². The van der Waals surface area contributed by atoms with Crippen molar-refractivity contribution in [2.75, 3.05) is 7.11 Å². The van der Waals surface area contributed by atoms with Gasteiger partial charge in [-0.1, -0.05) is 25.8 Å². The Morgan fingerprint density at radius 3 is 2.61 bits per heavy atom. The van der Waals surface area contributed by atoms with Gasteiger partial charge < -0.3 is 4.74 Å². The van der Waals surface area contributed by atoms with E-state index in [1.807, 2.05) is 12.1 Å². The quantitative estimate of drug-likeness (QED) is 0.821. The maximum Gasteiger partial charge on any atom is 0.212 e. The summed E-state index contributed by atoms with van der Waals surface area (Å²) in [6, 6.07) is 3.74. The van der Waals surface area contributed by atoms with E-state index in [9.17, 15) is 4.79 Å². The third kappa shape index (κ3) is 3.31. The fourth-order valence-electron chi connectivity index (χ4n) is 2.56. The molecule has 18 heavy (non-hydrogen) atoms. The second-order valence-electron chi connectivity index (χ2n) is 5.31. The van der Waals surface area contributed by atoms with Crippen LogP contribution in [-0.2, 0) is 11.2 Å². The molecule has 1 fully saturated rings. The summed E-state index contributed by atoms with van der Waals surface area (Å²) in [5, 5.41) is 0. The van der Waals surface area contributed by atoms with Gasteiger partial charge in [0.1, 0.15) is 5.78 Å². The van der Waals surface area contributed by atoms with E-state index < -0.39 is 0 Å². The van der Waals surface area contributed by atoms with Crippen LogP contribution in [0.15, 0.2) is 18.3 Å². The Balaban J connectivity index is 1.90. The predicted octanol–water partition coefficient (Wildman–Crippen LogP) is 3.03. The lowest BCUT2D eigenvalue weighted by Gasteiger charge is -2.25. The number of methoxy groups -OCH3 is 1. The van der Waals surface area contributed by atoms with Gasteiger partial charge in [0, 0.05) is 24.6 Å². The molecule has 0 aromatic carbocycles. The van der Waals surface area contributed by atoms with Crippen LogP contribution in [-0.4, -0.2) is 17.9 Å². The van der Waals surface area contributed by atoms with Crippen LogP contribution in [0.25, 0.3) is 0 Å². The molecule has 0 bridgehead atoms. The van der Waals surface area contributed by atoms with Crippen LogP contribution in [0.1, 0.15) is 38.2 Å².